The molecule has 2 aromatic rings. The lowest BCUT2D eigenvalue weighted by atomic mass is 10.2. The molecule has 0 spiro atoms. The van der Waals surface area contributed by atoms with Crippen molar-refractivity contribution in [1.29, 1.82) is 0 Å². The average molecular weight is 369 g/mol. The van der Waals surface area contributed by atoms with E-state index in [1.807, 2.05) is 42.5 Å². The van der Waals surface area contributed by atoms with Crippen LogP contribution in [0.5, 0.6) is 5.75 Å². The third-order valence-corrected chi connectivity index (χ3v) is 4.16. The number of para-hydroxylation sites is 2. The molecule has 0 saturated carbocycles. The summed E-state index contributed by atoms with van der Waals surface area (Å²) in [6, 6.07) is 13.9. The summed E-state index contributed by atoms with van der Waals surface area (Å²) in [6.45, 7) is 5.69. The predicted octanol–water partition coefficient (Wildman–Crippen LogP) is 5.75. The molecule has 2 rings (SSSR count). The van der Waals surface area contributed by atoms with Crippen molar-refractivity contribution in [2.45, 2.75) is 20.4 Å². The molecule has 0 unspecified atom stereocenters. The molecule has 2 aromatic carbocycles. The molecule has 4 heteroatoms. The van der Waals surface area contributed by atoms with E-state index in [0.29, 0.717) is 19.1 Å². The van der Waals surface area contributed by atoms with Gasteiger partial charge in [0.25, 0.3) is 0 Å². The van der Waals surface area contributed by atoms with Gasteiger partial charge in [0, 0.05) is 11.0 Å². The molecule has 21 heavy (non-hydrogen) atoms. The summed E-state index contributed by atoms with van der Waals surface area (Å²) in [5.74, 6) is 1.39. The van der Waals surface area contributed by atoms with Gasteiger partial charge in [-0.25, -0.2) is 0 Å². The molecule has 0 bridgehead atoms. The van der Waals surface area contributed by atoms with Crippen LogP contribution in [0.3, 0.4) is 0 Å². The van der Waals surface area contributed by atoms with E-state index >= 15 is 0 Å². The van der Waals surface area contributed by atoms with Crippen molar-refractivity contribution in [3.63, 3.8) is 0 Å². The fraction of sp³-hybridized carbons (Fsp3) is 0.294. The lowest BCUT2D eigenvalue weighted by Gasteiger charge is -2.14. The first kappa shape index (κ1) is 16.2. The Bertz CT molecular complexity index is 601. The molecular formula is C17H19BrClNO. The highest BCUT2D eigenvalue weighted by molar-refractivity contribution is 9.10. The molecule has 0 saturated heterocycles. The lowest BCUT2D eigenvalue weighted by Crippen LogP contribution is -2.07. The van der Waals surface area contributed by atoms with Crippen molar-refractivity contribution in [3.8, 4) is 5.75 Å². The fourth-order valence-corrected chi connectivity index (χ4v) is 2.29. The zero-order valence-electron chi connectivity index (χ0n) is 12.2. The smallest absolute Gasteiger partial charge is 0.142 e. The average Bonchev–Trinajstić information content (AvgIpc) is 2.47. The summed E-state index contributed by atoms with van der Waals surface area (Å²) in [5, 5.41) is 4.12. The van der Waals surface area contributed by atoms with Crippen LogP contribution in [-0.2, 0) is 6.54 Å². The van der Waals surface area contributed by atoms with E-state index in [4.69, 9.17) is 16.3 Å². The van der Waals surface area contributed by atoms with Gasteiger partial charge in [0.05, 0.1) is 17.3 Å². The van der Waals surface area contributed by atoms with Gasteiger partial charge in [-0.1, -0.05) is 43.6 Å². The van der Waals surface area contributed by atoms with E-state index in [-0.39, 0.29) is 0 Å². The van der Waals surface area contributed by atoms with Crippen molar-refractivity contribution >= 4 is 33.2 Å². The zero-order chi connectivity index (χ0) is 15.2. The second kappa shape index (κ2) is 7.71. The first-order valence-corrected chi connectivity index (χ1v) is 8.13. The minimum atomic E-state index is 0.503. The molecular weight excluding hydrogens is 350 g/mol. The number of rotatable bonds is 6. The van der Waals surface area contributed by atoms with Gasteiger partial charge in [-0.2, -0.15) is 0 Å². The Morgan fingerprint density at radius 1 is 1.19 bits per heavy atom. The number of hydrogen-bond acceptors (Lipinski definition) is 2. The molecule has 112 valence electrons. The minimum absolute atomic E-state index is 0.503. The second-order valence-corrected chi connectivity index (χ2v) is 6.56. The van der Waals surface area contributed by atoms with Crippen molar-refractivity contribution in [3.05, 3.63) is 57.5 Å². The molecule has 0 amide bonds. The number of anilines is 1. The van der Waals surface area contributed by atoms with E-state index in [0.717, 1.165) is 26.5 Å². The molecule has 0 aliphatic carbocycles. The molecule has 0 heterocycles. The van der Waals surface area contributed by atoms with Crippen molar-refractivity contribution in [2.24, 2.45) is 5.92 Å². The van der Waals surface area contributed by atoms with Gasteiger partial charge < -0.3 is 10.1 Å². The minimum Gasteiger partial charge on any atom is -0.491 e. The standard InChI is InChI=1S/C17H19BrClNO/c1-12(2)11-21-17-6-4-3-5-16(17)20-10-13-7-8-14(18)15(19)9-13/h3-9,12,20H,10-11H2,1-2H3. The van der Waals surface area contributed by atoms with Gasteiger partial charge in [0.1, 0.15) is 5.75 Å². The Balaban J connectivity index is 2.03. The third-order valence-electron chi connectivity index (χ3n) is 2.93. The Morgan fingerprint density at radius 2 is 1.95 bits per heavy atom. The number of benzene rings is 2. The van der Waals surface area contributed by atoms with Crippen LogP contribution in [-0.4, -0.2) is 6.61 Å². The third kappa shape index (κ3) is 4.94. The van der Waals surface area contributed by atoms with Gasteiger partial charge in [0.15, 0.2) is 0 Å². The first-order chi connectivity index (χ1) is 10.1. The molecule has 0 aliphatic heterocycles. The summed E-state index contributed by atoms with van der Waals surface area (Å²) in [5.41, 5.74) is 2.12. The van der Waals surface area contributed by atoms with Crippen LogP contribution in [0.4, 0.5) is 5.69 Å². The van der Waals surface area contributed by atoms with E-state index in [1.165, 1.54) is 0 Å². The largest absolute Gasteiger partial charge is 0.491 e. The quantitative estimate of drug-likeness (QED) is 0.701. The normalized spacial score (nSPS) is 10.7. The summed E-state index contributed by atoms with van der Waals surface area (Å²) in [4.78, 5) is 0. The highest BCUT2D eigenvalue weighted by atomic mass is 79.9. The summed E-state index contributed by atoms with van der Waals surface area (Å²) in [7, 11) is 0. The van der Waals surface area contributed by atoms with Gasteiger partial charge in [0.2, 0.25) is 0 Å². The van der Waals surface area contributed by atoms with Crippen molar-refractivity contribution < 1.29 is 4.74 Å². The van der Waals surface area contributed by atoms with Gasteiger partial charge in [-0.15, -0.1) is 0 Å². The Kier molecular flexibility index (Phi) is 5.95. The summed E-state index contributed by atoms with van der Waals surface area (Å²) in [6.07, 6.45) is 0. The van der Waals surface area contributed by atoms with Crippen molar-refractivity contribution in [1.82, 2.24) is 0 Å². The molecule has 2 nitrogen and oxygen atoms in total. The van der Waals surface area contributed by atoms with E-state index < -0.39 is 0 Å². The summed E-state index contributed by atoms with van der Waals surface area (Å²) < 4.78 is 6.74. The van der Waals surface area contributed by atoms with Gasteiger partial charge in [-0.05, 0) is 51.7 Å². The molecule has 0 atom stereocenters. The topological polar surface area (TPSA) is 21.3 Å². The van der Waals surface area contributed by atoms with E-state index in [1.54, 1.807) is 0 Å². The molecule has 0 radical (unpaired) electrons. The Labute approximate surface area is 139 Å². The zero-order valence-corrected chi connectivity index (χ0v) is 14.5. The second-order valence-electron chi connectivity index (χ2n) is 5.30. The molecule has 1 N–H and O–H groups in total. The highest BCUT2D eigenvalue weighted by Crippen LogP contribution is 2.26. The SMILES string of the molecule is CC(C)COc1ccccc1NCc1ccc(Br)c(Cl)c1. The summed E-state index contributed by atoms with van der Waals surface area (Å²) >= 11 is 9.51. The Morgan fingerprint density at radius 3 is 2.67 bits per heavy atom. The van der Waals surface area contributed by atoms with E-state index in [9.17, 15) is 0 Å². The predicted molar refractivity (Wildman–Crippen MR) is 93.3 cm³/mol. The lowest BCUT2D eigenvalue weighted by molar-refractivity contribution is 0.272. The number of nitrogens with one attached hydrogen (secondary N) is 1. The van der Waals surface area contributed by atoms with Crippen LogP contribution in [0.25, 0.3) is 0 Å². The van der Waals surface area contributed by atoms with Crippen LogP contribution >= 0.6 is 27.5 Å². The maximum atomic E-state index is 6.11. The fourth-order valence-electron chi connectivity index (χ4n) is 1.84. The number of ether oxygens (including phenoxy) is 1. The highest BCUT2D eigenvalue weighted by Gasteiger charge is 2.05. The van der Waals surface area contributed by atoms with Crippen molar-refractivity contribution in [2.75, 3.05) is 11.9 Å². The van der Waals surface area contributed by atoms with E-state index in [2.05, 4.69) is 35.1 Å². The number of halogens is 2. The van der Waals surface area contributed by atoms with Crippen LogP contribution < -0.4 is 10.1 Å². The van der Waals surface area contributed by atoms with Crippen LogP contribution in [0.15, 0.2) is 46.9 Å². The van der Waals surface area contributed by atoms with Gasteiger partial charge >= 0.3 is 0 Å². The van der Waals surface area contributed by atoms with Crippen LogP contribution in [0.2, 0.25) is 5.02 Å². The number of hydrogen-bond donors (Lipinski definition) is 1. The maximum absolute atomic E-state index is 6.11. The Hall–Kier alpha value is -1.19. The van der Waals surface area contributed by atoms with Crippen LogP contribution in [0, 0.1) is 5.92 Å². The first-order valence-electron chi connectivity index (χ1n) is 6.96. The van der Waals surface area contributed by atoms with Gasteiger partial charge in [-0.3, -0.25) is 0 Å². The molecule has 0 fully saturated rings. The molecule has 0 aromatic heterocycles. The monoisotopic (exact) mass is 367 g/mol. The molecule has 0 aliphatic rings. The van der Waals surface area contributed by atoms with Crippen LogP contribution in [0.1, 0.15) is 19.4 Å². The maximum Gasteiger partial charge on any atom is 0.142 e.